The van der Waals surface area contributed by atoms with Gasteiger partial charge in [-0.1, -0.05) is 44.3 Å². The molecule has 3 saturated carbocycles. The molecule has 0 unspecified atom stereocenters. The van der Waals surface area contributed by atoms with Crippen LogP contribution < -0.4 is 10.6 Å². The number of aliphatic hydroxyl groups is 1. The van der Waals surface area contributed by atoms with Crippen LogP contribution in [-0.2, 0) is 24.0 Å². The highest BCUT2D eigenvalue weighted by Gasteiger charge is 2.63. The second-order valence-electron chi connectivity index (χ2n) is 14.0. The molecule has 0 spiro atoms. The first-order valence-corrected chi connectivity index (χ1v) is 15.8. The van der Waals surface area contributed by atoms with Crippen LogP contribution in [0.5, 0.6) is 0 Å². The summed E-state index contributed by atoms with van der Waals surface area (Å²) in [7, 11) is 0. The Morgan fingerprint density at radius 3 is 2.41 bits per heavy atom. The number of terminal acetylenes is 1. The van der Waals surface area contributed by atoms with E-state index in [1.165, 1.54) is 5.57 Å². The molecular formula is C33H47N3O8. The van der Waals surface area contributed by atoms with Crippen LogP contribution in [0.15, 0.2) is 16.8 Å². The molecular weight excluding hydrogens is 566 g/mol. The number of aliphatic carboxylic acids is 2. The van der Waals surface area contributed by atoms with Gasteiger partial charge in [0.15, 0.2) is 6.61 Å². The molecule has 3 fully saturated rings. The fourth-order valence-electron chi connectivity index (χ4n) is 8.61. The number of amides is 2. The maximum absolute atomic E-state index is 12.8. The highest BCUT2D eigenvalue weighted by Crippen LogP contribution is 2.67. The predicted octanol–water partition coefficient (Wildman–Crippen LogP) is 3.26. The van der Waals surface area contributed by atoms with Gasteiger partial charge in [-0.15, -0.1) is 6.42 Å². The molecule has 0 heterocycles. The highest BCUT2D eigenvalue weighted by molar-refractivity contribution is 5.96. The van der Waals surface area contributed by atoms with E-state index in [1.807, 2.05) is 0 Å². The average Bonchev–Trinajstić information content (AvgIpc) is 3.24. The third kappa shape index (κ3) is 6.37. The van der Waals surface area contributed by atoms with Gasteiger partial charge in [0.2, 0.25) is 5.91 Å². The molecule has 0 aromatic rings. The Morgan fingerprint density at radius 1 is 1.07 bits per heavy atom. The summed E-state index contributed by atoms with van der Waals surface area (Å²) in [6.45, 7) is 7.55. The van der Waals surface area contributed by atoms with Crippen LogP contribution in [0.25, 0.3) is 0 Å². The number of hydrogen-bond donors (Lipinski definition) is 5. The minimum Gasteiger partial charge on any atom is -0.481 e. The maximum Gasteiger partial charge on any atom is 0.326 e. The van der Waals surface area contributed by atoms with Crippen LogP contribution >= 0.6 is 0 Å². The van der Waals surface area contributed by atoms with Crippen molar-refractivity contribution in [3.63, 3.8) is 0 Å². The normalized spacial score (nSPS) is 34.8. The van der Waals surface area contributed by atoms with Crippen LogP contribution in [0.4, 0.5) is 0 Å². The summed E-state index contributed by atoms with van der Waals surface area (Å²) in [6, 6.07) is -2.42. The zero-order valence-corrected chi connectivity index (χ0v) is 26.2. The van der Waals surface area contributed by atoms with E-state index < -0.39 is 54.5 Å². The highest BCUT2D eigenvalue weighted by atomic mass is 16.6. The summed E-state index contributed by atoms with van der Waals surface area (Å²) in [5, 5.41) is 38.6. The minimum absolute atomic E-state index is 0.0492. The molecule has 0 bridgehead atoms. The van der Waals surface area contributed by atoms with Gasteiger partial charge in [0.25, 0.3) is 5.91 Å². The summed E-state index contributed by atoms with van der Waals surface area (Å²) < 4.78 is 0. The Kier molecular flexibility index (Phi) is 9.84. The lowest BCUT2D eigenvalue weighted by Crippen LogP contribution is -2.54. The van der Waals surface area contributed by atoms with E-state index >= 15 is 0 Å². The van der Waals surface area contributed by atoms with Gasteiger partial charge in [0.1, 0.15) is 17.7 Å². The van der Waals surface area contributed by atoms with Crippen LogP contribution in [0.3, 0.4) is 0 Å². The van der Waals surface area contributed by atoms with E-state index in [0.717, 1.165) is 44.2 Å². The first-order valence-electron chi connectivity index (χ1n) is 15.8. The molecule has 11 nitrogen and oxygen atoms in total. The molecule has 44 heavy (non-hydrogen) atoms. The lowest BCUT2D eigenvalue weighted by atomic mass is 9.46. The number of fused-ring (bicyclic) bond motifs is 5. The van der Waals surface area contributed by atoms with Crippen molar-refractivity contribution >= 4 is 29.5 Å². The summed E-state index contributed by atoms with van der Waals surface area (Å²) in [4.78, 5) is 53.1. The third-order valence-electron chi connectivity index (χ3n) is 11.3. The van der Waals surface area contributed by atoms with Crippen molar-refractivity contribution in [2.75, 3.05) is 6.61 Å². The van der Waals surface area contributed by atoms with Crippen molar-refractivity contribution in [3.8, 4) is 12.3 Å². The SMILES string of the molecule is C#C[C@@]1(O)CC[C@H]2[C@@H]3CCC4=C/C(=N\OCC(=O)N[C@H](C(=O)N[C@@H](CCC(=O)O)C(=O)O)C(C)C)CC[C@]4(C)[C@H]3CC[C@@]21C. The number of nitrogens with zero attached hydrogens (tertiary/aromatic N) is 1. The van der Waals surface area contributed by atoms with Gasteiger partial charge in [-0.2, -0.15) is 0 Å². The predicted molar refractivity (Wildman–Crippen MR) is 162 cm³/mol. The molecule has 4 rings (SSSR count). The minimum atomic E-state index is -1.39. The van der Waals surface area contributed by atoms with Crippen LogP contribution in [0, 0.1) is 46.8 Å². The second kappa shape index (κ2) is 12.9. The van der Waals surface area contributed by atoms with Crippen molar-refractivity contribution < 1.29 is 39.3 Å². The van der Waals surface area contributed by atoms with Crippen LogP contribution in [-0.4, -0.2) is 69.1 Å². The van der Waals surface area contributed by atoms with Crippen molar-refractivity contribution in [3.05, 3.63) is 11.6 Å². The lowest BCUT2D eigenvalue weighted by Gasteiger charge is -2.58. The standard InChI is InChI=1S/C33H47N3O8/c1-6-33(43)16-13-24-22-8-7-20-17-21(11-14-31(20,4)23(22)12-15-32(24,33)5)36-44-18-26(37)35-28(19(2)3)29(40)34-25(30(41)42)9-10-27(38)39/h1,17,19,22-25,28,43H,7-16,18H2,2-5H3,(H,34,40)(H,35,37)(H,38,39)(H,41,42)/b36-21-/t22-,23+,24+,25+,28+,31+,32+,33-/m1/s1. The molecule has 0 aromatic heterocycles. The molecule has 5 N–H and O–H groups in total. The maximum atomic E-state index is 12.8. The van der Waals surface area contributed by atoms with Gasteiger partial charge in [0, 0.05) is 11.8 Å². The Hall–Kier alpha value is -3.39. The third-order valence-corrected chi connectivity index (χ3v) is 11.3. The topological polar surface area (TPSA) is 175 Å². The largest absolute Gasteiger partial charge is 0.481 e. The molecule has 0 aromatic carbocycles. The van der Waals surface area contributed by atoms with E-state index in [2.05, 4.69) is 41.6 Å². The molecule has 11 heteroatoms. The number of rotatable bonds is 11. The first kappa shape index (κ1) is 33.5. The van der Waals surface area contributed by atoms with Crippen molar-refractivity contribution in [2.24, 2.45) is 39.7 Å². The summed E-state index contributed by atoms with van der Waals surface area (Å²) in [5.41, 5.74) is 0.931. The summed E-state index contributed by atoms with van der Waals surface area (Å²) in [6.07, 6.45) is 14.5. The molecule has 0 saturated heterocycles. The molecule has 242 valence electrons. The van der Waals surface area contributed by atoms with Gasteiger partial charge in [0.05, 0.1) is 5.71 Å². The quantitative estimate of drug-likeness (QED) is 0.174. The number of hydrogen-bond acceptors (Lipinski definition) is 7. The van der Waals surface area contributed by atoms with Gasteiger partial charge in [-0.25, -0.2) is 4.79 Å². The van der Waals surface area contributed by atoms with Crippen LogP contribution in [0.2, 0.25) is 0 Å². The summed E-state index contributed by atoms with van der Waals surface area (Å²) in [5.74, 6) is 0.0444. The molecule has 8 atom stereocenters. The number of nitrogens with one attached hydrogen (secondary N) is 2. The molecule has 0 aliphatic heterocycles. The smallest absolute Gasteiger partial charge is 0.326 e. The van der Waals surface area contributed by atoms with E-state index in [-0.39, 0.29) is 23.2 Å². The molecule has 4 aliphatic carbocycles. The van der Waals surface area contributed by atoms with E-state index in [1.54, 1.807) is 13.8 Å². The fraction of sp³-hybridized carbons (Fsp3) is 0.727. The van der Waals surface area contributed by atoms with Crippen molar-refractivity contribution in [1.82, 2.24) is 10.6 Å². The Morgan fingerprint density at radius 2 is 1.77 bits per heavy atom. The zero-order chi connectivity index (χ0) is 32.4. The van der Waals surface area contributed by atoms with Crippen molar-refractivity contribution in [1.29, 1.82) is 0 Å². The Labute approximate surface area is 259 Å². The summed E-state index contributed by atoms with van der Waals surface area (Å²) >= 11 is 0. The monoisotopic (exact) mass is 613 g/mol. The number of allylic oxidation sites excluding steroid dienone is 2. The van der Waals surface area contributed by atoms with Crippen LogP contribution in [0.1, 0.15) is 91.9 Å². The van der Waals surface area contributed by atoms with E-state index in [4.69, 9.17) is 16.4 Å². The number of carboxylic acid groups (broad SMARTS) is 2. The lowest BCUT2D eigenvalue weighted by molar-refractivity contribution is -0.143. The number of carbonyl (C=O) groups is 4. The molecule has 2 amide bonds. The average molecular weight is 614 g/mol. The second-order valence-corrected chi connectivity index (χ2v) is 14.0. The van der Waals surface area contributed by atoms with Crippen molar-refractivity contribution in [2.45, 2.75) is 110 Å². The Balaban J connectivity index is 1.34. The van der Waals surface area contributed by atoms with Gasteiger partial charge >= 0.3 is 11.9 Å². The fourth-order valence-corrected chi connectivity index (χ4v) is 8.61. The molecule has 0 radical (unpaired) electrons. The zero-order valence-electron chi connectivity index (χ0n) is 26.2. The van der Waals surface area contributed by atoms with E-state index in [9.17, 15) is 29.4 Å². The van der Waals surface area contributed by atoms with Gasteiger partial charge in [-0.05, 0) is 93.0 Å². The first-order chi connectivity index (χ1) is 20.6. The number of carboxylic acids is 2. The van der Waals surface area contributed by atoms with Gasteiger partial charge in [-0.3, -0.25) is 14.4 Å². The number of oxime groups is 1. The van der Waals surface area contributed by atoms with Gasteiger partial charge < -0.3 is 30.8 Å². The Bertz CT molecular complexity index is 1270. The van der Waals surface area contributed by atoms with E-state index in [0.29, 0.717) is 30.6 Å². The number of carbonyl (C=O) groups excluding carboxylic acids is 2. The molecule has 4 aliphatic rings.